The Hall–Kier alpha value is -2.19. The van der Waals surface area contributed by atoms with Crippen LogP contribution in [0.1, 0.15) is 0 Å². The summed E-state index contributed by atoms with van der Waals surface area (Å²) in [5, 5.41) is 5.19. The fourth-order valence-corrected chi connectivity index (χ4v) is 2.55. The molecular weight excluding hydrogens is 313 g/mol. The van der Waals surface area contributed by atoms with E-state index in [0.29, 0.717) is 6.54 Å². The first-order chi connectivity index (χ1) is 11.6. The van der Waals surface area contributed by atoms with Crippen LogP contribution in [0.2, 0.25) is 0 Å². The number of piperazine rings is 1. The van der Waals surface area contributed by atoms with Gasteiger partial charge in [0.2, 0.25) is 11.8 Å². The van der Waals surface area contributed by atoms with Crippen LogP contribution in [0.5, 0.6) is 0 Å². The number of benzene rings is 1. The van der Waals surface area contributed by atoms with Crippen LogP contribution in [-0.4, -0.2) is 69.1 Å². The van der Waals surface area contributed by atoms with Crippen LogP contribution < -0.4 is 21.3 Å². The van der Waals surface area contributed by atoms with E-state index in [-0.39, 0.29) is 30.7 Å². The third-order valence-electron chi connectivity index (χ3n) is 3.95. The van der Waals surface area contributed by atoms with Gasteiger partial charge in [0.25, 0.3) is 0 Å². The molecule has 0 spiro atoms. The second-order valence-electron chi connectivity index (χ2n) is 5.64. The van der Waals surface area contributed by atoms with Crippen LogP contribution in [-0.2, 0) is 9.59 Å². The molecule has 0 atom stereocenters. The zero-order chi connectivity index (χ0) is 17.4. The molecule has 4 N–H and O–H groups in total. The maximum absolute atomic E-state index is 12.9. The molecule has 0 unspecified atom stereocenters. The molecular formula is C16H24FN5O2. The second kappa shape index (κ2) is 9.19. The van der Waals surface area contributed by atoms with Gasteiger partial charge in [0.15, 0.2) is 0 Å². The van der Waals surface area contributed by atoms with Gasteiger partial charge in [-0.2, -0.15) is 0 Å². The summed E-state index contributed by atoms with van der Waals surface area (Å²) >= 11 is 0. The number of hydrogen-bond acceptors (Lipinski definition) is 5. The lowest BCUT2D eigenvalue weighted by Gasteiger charge is -2.36. The fraction of sp³-hybridized carbons (Fsp3) is 0.500. The summed E-state index contributed by atoms with van der Waals surface area (Å²) < 4.78 is 12.9. The van der Waals surface area contributed by atoms with E-state index >= 15 is 0 Å². The van der Waals surface area contributed by atoms with Gasteiger partial charge in [-0.15, -0.1) is 0 Å². The van der Waals surface area contributed by atoms with E-state index in [1.54, 1.807) is 12.1 Å². The summed E-state index contributed by atoms with van der Waals surface area (Å²) in [6.07, 6.45) is 0. The molecule has 132 valence electrons. The topological polar surface area (TPSA) is 90.7 Å². The van der Waals surface area contributed by atoms with Crippen molar-refractivity contribution in [1.82, 2.24) is 15.5 Å². The maximum atomic E-state index is 12.9. The highest BCUT2D eigenvalue weighted by molar-refractivity contribution is 5.85. The zero-order valence-corrected chi connectivity index (χ0v) is 13.6. The Bertz CT molecular complexity index is 544. The van der Waals surface area contributed by atoms with E-state index in [9.17, 15) is 14.0 Å². The number of nitrogens with zero attached hydrogens (tertiary/aromatic N) is 2. The summed E-state index contributed by atoms with van der Waals surface area (Å²) in [5.41, 5.74) is 6.17. The number of rotatable bonds is 7. The normalized spacial score (nSPS) is 15.2. The van der Waals surface area contributed by atoms with Gasteiger partial charge in [-0.25, -0.2) is 4.39 Å². The number of carbonyl (C=O) groups excluding carboxylic acids is 2. The van der Waals surface area contributed by atoms with Crippen molar-refractivity contribution in [3.63, 3.8) is 0 Å². The molecule has 2 amide bonds. The molecule has 0 aliphatic carbocycles. The first-order valence-corrected chi connectivity index (χ1v) is 8.05. The first-order valence-electron chi connectivity index (χ1n) is 8.05. The third kappa shape index (κ3) is 5.78. The Labute approximate surface area is 141 Å². The summed E-state index contributed by atoms with van der Waals surface area (Å²) in [4.78, 5) is 27.0. The highest BCUT2D eigenvalue weighted by Crippen LogP contribution is 2.16. The highest BCUT2D eigenvalue weighted by atomic mass is 19.1. The van der Waals surface area contributed by atoms with Crippen LogP contribution in [0.3, 0.4) is 0 Å². The molecule has 1 saturated heterocycles. The second-order valence-corrected chi connectivity index (χ2v) is 5.64. The highest BCUT2D eigenvalue weighted by Gasteiger charge is 2.17. The Morgan fingerprint density at radius 2 is 1.71 bits per heavy atom. The number of nitrogens with one attached hydrogen (secondary N) is 2. The minimum Gasteiger partial charge on any atom is -0.369 e. The lowest BCUT2D eigenvalue weighted by atomic mass is 10.2. The van der Waals surface area contributed by atoms with Gasteiger partial charge in [-0.1, -0.05) is 0 Å². The van der Waals surface area contributed by atoms with Crippen molar-refractivity contribution in [3.8, 4) is 0 Å². The molecule has 1 aromatic rings. The molecule has 2 rings (SSSR count). The average molecular weight is 337 g/mol. The molecule has 0 radical (unpaired) electrons. The molecule has 0 aromatic heterocycles. The smallest absolute Gasteiger partial charge is 0.239 e. The number of halogens is 1. The van der Waals surface area contributed by atoms with E-state index < -0.39 is 0 Å². The molecule has 8 heteroatoms. The van der Waals surface area contributed by atoms with E-state index in [2.05, 4.69) is 20.4 Å². The SMILES string of the molecule is NCC(=O)NCC(=O)NCCN1CCN(c2ccc(F)cc2)CC1. The zero-order valence-electron chi connectivity index (χ0n) is 13.6. The standard InChI is InChI=1S/C16H24FN5O2/c17-13-1-3-14(4-2-13)22-9-7-21(8-10-22)6-5-19-16(24)12-20-15(23)11-18/h1-4H,5-12,18H2,(H,19,24)(H,20,23). The molecule has 7 nitrogen and oxygen atoms in total. The lowest BCUT2D eigenvalue weighted by Crippen LogP contribution is -2.49. The van der Waals surface area contributed by atoms with Crippen molar-refractivity contribution < 1.29 is 14.0 Å². The molecule has 0 bridgehead atoms. The predicted molar refractivity (Wildman–Crippen MR) is 90.1 cm³/mol. The van der Waals surface area contributed by atoms with Gasteiger partial charge in [0.1, 0.15) is 5.82 Å². The molecule has 1 fully saturated rings. The summed E-state index contributed by atoms with van der Waals surface area (Å²) in [6.45, 7) is 4.63. The summed E-state index contributed by atoms with van der Waals surface area (Å²) in [5.74, 6) is -0.792. The maximum Gasteiger partial charge on any atom is 0.239 e. The number of carbonyl (C=O) groups is 2. The Balaban J connectivity index is 1.62. The van der Waals surface area contributed by atoms with Gasteiger partial charge in [-0.3, -0.25) is 14.5 Å². The van der Waals surface area contributed by atoms with Gasteiger partial charge in [0, 0.05) is 45.0 Å². The average Bonchev–Trinajstić information content (AvgIpc) is 2.61. The van der Waals surface area contributed by atoms with Crippen LogP contribution in [0.25, 0.3) is 0 Å². The van der Waals surface area contributed by atoms with Crippen LogP contribution >= 0.6 is 0 Å². The third-order valence-corrected chi connectivity index (χ3v) is 3.95. The van der Waals surface area contributed by atoms with E-state index in [1.165, 1.54) is 12.1 Å². The largest absolute Gasteiger partial charge is 0.369 e. The van der Waals surface area contributed by atoms with Crippen LogP contribution in [0.15, 0.2) is 24.3 Å². The van der Waals surface area contributed by atoms with Crippen molar-refractivity contribution in [3.05, 3.63) is 30.1 Å². The number of hydrogen-bond donors (Lipinski definition) is 3. The molecule has 1 heterocycles. The minimum absolute atomic E-state index is 0.0472. The van der Waals surface area contributed by atoms with Gasteiger partial charge >= 0.3 is 0 Å². The molecule has 1 aliphatic heterocycles. The Kier molecular flexibility index (Phi) is 6.95. The summed E-state index contributed by atoms with van der Waals surface area (Å²) in [6, 6.07) is 6.53. The van der Waals surface area contributed by atoms with E-state index in [0.717, 1.165) is 38.4 Å². The number of amides is 2. The lowest BCUT2D eigenvalue weighted by molar-refractivity contribution is -0.125. The first kappa shape index (κ1) is 18.2. The number of anilines is 1. The number of nitrogens with two attached hydrogens (primary N) is 1. The van der Waals surface area contributed by atoms with Crippen molar-refractivity contribution in [2.75, 3.05) is 57.3 Å². The molecule has 24 heavy (non-hydrogen) atoms. The van der Waals surface area contributed by atoms with Gasteiger partial charge in [0.05, 0.1) is 13.1 Å². The van der Waals surface area contributed by atoms with Crippen molar-refractivity contribution in [2.45, 2.75) is 0 Å². The predicted octanol–water partition coefficient (Wildman–Crippen LogP) is -0.861. The molecule has 1 aliphatic rings. The fourth-order valence-electron chi connectivity index (χ4n) is 2.55. The van der Waals surface area contributed by atoms with Crippen LogP contribution in [0.4, 0.5) is 10.1 Å². The van der Waals surface area contributed by atoms with Crippen molar-refractivity contribution in [1.29, 1.82) is 0 Å². The van der Waals surface area contributed by atoms with Crippen LogP contribution in [0, 0.1) is 5.82 Å². The Morgan fingerprint density at radius 1 is 1.04 bits per heavy atom. The van der Waals surface area contributed by atoms with E-state index in [4.69, 9.17) is 5.73 Å². The molecule has 0 saturated carbocycles. The van der Waals surface area contributed by atoms with Crippen molar-refractivity contribution in [2.24, 2.45) is 5.73 Å². The summed E-state index contributed by atoms with van der Waals surface area (Å²) in [7, 11) is 0. The Morgan fingerprint density at radius 3 is 2.33 bits per heavy atom. The van der Waals surface area contributed by atoms with Crippen molar-refractivity contribution >= 4 is 17.5 Å². The molecule has 1 aromatic carbocycles. The van der Waals surface area contributed by atoms with E-state index in [1.807, 2.05) is 0 Å². The monoisotopic (exact) mass is 337 g/mol. The minimum atomic E-state index is -0.345. The quantitative estimate of drug-likeness (QED) is 0.602. The van der Waals surface area contributed by atoms with Gasteiger partial charge in [-0.05, 0) is 24.3 Å². The van der Waals surface area contributed by atoms with Gasteiger partial charge < -0.3 is 21.3 Å².